The second-order valence-corrected chi connectivity index (χ2v) is 4.32. The molecular weight excluding hydrogens is 203 g/mol. The average Bonchev–Trinajstić information content (AvgIpc) is 2.15. The Balaban J connectivity index is 2.85. The predicted molar refractivity (Wildman–Crippen MR) is 51.2 cm³/mol. The highest BCUT2D eigenvalue weighted by molar-refractivity contribution is 7.60. The van der Waals surface area contributed by atoms with E-state index in [4.69, 9.17) is 9.79 Å². The van der Waals surface area contributed by atoms with Gasteiger partial charge in [0.1, 0.15) is 5.52 Å². The molecule has 2 aromatic rings. The van der Waals surface area contributed by atoms with E-state index in [9.17, 15) is 4.57 Å². The molecule has 1 heterocycles. The number of nitrogens with zero attached hydrogens (tertiary/aromatic N) is 2. The number of aromatic nitrogens is 2. The van der Waals surface area contributed by atoms with Gasteiger partial charge in [-0.3, -0.25) is 14.5 Å². The molecule has 0 radical (unpaired) electrons. The summed E-state index contributed by atoms with van der Waals surface area (Å²) in [4.78, 5) is 25.9. The third-order valence-electron chi connectivity index (χ3n) is 1.79. The lowest BCUT2D eigenvalue weighted by molar-refractivity contribution is 0.387. The van der Waals surface area contributed by atoms with Crippen LogP contribution in [0.2, 0.25) is 0 Å². The summed E-state index contributed by atoms with van der Waals surface area (Å²) in [5.74, 6) is 0. The first kappa shape index (κ1) is 9.27. The number of hydrogen-bond donors (Lipinski definition) is 2. The van der Waals surface area contributed by atoms with Crippen molar-refractivity contribution >= 4 is 23.9 Å². The molecule has 0 saturated carbocycles. The van der Waals surface area contributed by atoms with Gasteiger partial charge in [0.2, 0.25) is 0 Å². The molecule has 0 saturated heterocycles. The Hall–Kier alpha value is -1.29. The minimum atomic E-state index is -4.27. The zero-order valence-corrected chi connectivity index (χ0v) is 7.93. The molecular formula is C8H7N2O3P. The fourth-order valence-corrected chi connectivity index (χ4v) is 1.94. The van der Waals surface area contributed by atoms with Crippen molar-refractivity contribution in [3.63, 3.8) is 0 Å². The van der Waals surface area contributed by atoms with Crippen LogP contribution < -0.4 is 5.30 Å². The first-order chi connectivity index (χ1) is 6.59. The van der Waals surface area contributed by atoms with Crippen molar-refractivity contribution in [1.82, 2.24) is 9.97 Å². The quantitative estimate of drug-likeness (QED) is 0.667. The molecule has 0 fully saturated rings. The van der Waals surface area contributed by atoms with Crippen molar-refractivity contribution in [3.05, 3.63) is 30.6 Å². The molecule has 5 nitrogen and oxygen atoms in total. The molecule has 6 heteroatoms. The minimum absolute atomic E-state index is 0.0805. The zero-order valence-electron chi connectivity index (χ0n) is 7.03. The van der Waals surface area contributed by atoms with E-state index in [-0.39, 0.29) is 10.8 Å². The van der Waals surface area contributed by atoms with Crippen LogP contribution in [0.4, 0.5) is 0 Å². The van der Waals surface area contributed by atoms with Crippen molar-refractivity contribution in [1.29, 1.82) is 0 Å². The Morgan fingerprint density at radius 3 is 2.57 bits per heavy atom. The van der Waals surface area contributed by atoms with Crippen LogP contribution in [-0.2, 0) is 4.57 Å². The molecule has 72 valence electrons. The summed E-state index contributed by atoms with van der Waals surface area (Å²) in [6, 6.07) is 4.56. The smallest absolute Gasteiger partial charge is 0.321 e. The van der Waals surface area contributed by atoms with Gasteiger partial charge in [0.15, 0.2) is 0 Å². The van der Waals surface area contributed by atoms with Crippen LogP contribution in [0, 0.1) is 0 Å². The number of hydrogen-bond acceptors (Lipinski definition) is 3. The third kappa shape index (κ3) is 1.53. The molecule has 2 N–H and O–H groups in total. The van der Waals surface area contributed by atoms with Gasteiger partial charge in [-0.25, -0.2) is 0 Å². The molecule has 0 unspecified atom stereocenters. The molecule has 14 heavy (non-hydrogen) atoms. The first-order valence-electron chi connectivity index (χ1n) is 3.85. The second-order valence-electron chi connectivity index (χ2n) is 2.75. The molecule has 0 aliphatic heterocycles. The minimum Gasteiger partial charge on any atom is -0.321 e. The molecule has 0 bridgehead atoms. The highest BCUT2D eigenvalue weighted by atomic mass is 31.2. The van der Waals surface area contributed by atoms with Gasteiger partial charge >= 0.3 is 7.60 Å². The molecule has 0 spiro atoms. The predicted octanol–water partition coefficient (Wildman–Crippen LogP) is 0.433. The van der Waals surface area contributed by atoms with Crippen LogP contribution >= 0.6 is 7.60 Å². The maximum Gasteiger partial charge on any atom is 0.358 e. The molecule has 0 amide bonds. The van der Waals surface area contributed by atoms with E-state index in [1.807, 2.05) is 0 Å². The van der Waals surface area contributed by atoms with Crippen LogP contribution in [0.3, 0.4) is 0 Å². The maximum atomic E-state index is 11.1. The van der Waals surface area contributed by atoms with Crippen molar-refractivity contribution < 1.29 is 14.4 Å². The van der Waals surface area contributed by atoms with Crippen molar-refractivity contribution in [2.45, 2.75) is 0 Å². The highest BCUT2D eigenvalue weighted by Gasteiger charge is 2.20. The van der Waals surface area contributed by atoms with Gasteiger partial charge in [-0.15, -0.1) is 0 Å². The number of para-hydroxylation sites is 1. The second kappa shape index (κ2) is 3.13. The van der Waals surface area contributed by atoms with Crippen LogP contribution in [0.15, 0.2) is 30.6 Å². The van der Waals surface area contributed by atoms with Crippen LogP contribution in [-0.4, -0.2) is 19.8 Å². The lowest BCUT2D eigenvalue weighted by Gasteiger charge is -2.05. The van der Waals surface area contributed by atoms with E-state index in [2.05, 4.69) is 9.97 Å². The topological polar surface area (TPSA) is 83.3 Å². The standard InChI is InChI=1S/C8H7N2O3P/c11-14(12,13)7-3-1-2-6-8(7)10-5-4-9-6/h1-5H,(H2,11,12,13). The van der Waals surface area contributed by atoms with Crippen LogP contribution in [0.1, 0.15) is 0 Å². The lowest BCUT2D eigenvalue weighted by Crippen LogP contribution is -2.06. The monoisotopic (exact) mass is 210 g/mol. The Labute approximate surface area is 79.6 Å². The maximum absolute atomic E-state index is 11.1. The van der Waals surface area contributed by atoms with Crippen molar-refractivity contribution in [2.75, 3.05) is 0 Å². The van der Waals surface area contributed by atoms with E-state index >= 15 is 0 Å². The van der Waals surface area contributed by atoms with Crippen LogP contribution in [0.25, 0.3) is 11.0 Å². The number of benzene rings is 1. The van der Waals surface area contributed by atoms with Crippen molar-refractivity contribution in [3.8, 4) is 0 Å². The fraction of sp³-hybridized carbons (Fsp3) is 0. The van der Waals surface area contributed by atoms with Gasteiger partial charge in [0.05, 0.1) is 10.8 Å². The zero-order chi connectivity index (χ0) is 10.2. The normalized spacial score (nSPS) is 11.9. The van der Waals surface area contributed by atoms with Gasteiger partial charge in [0, 0.05) is 12.4 Å². The summed E-state index contributed by atoms with van der Waals surface area (Å²) in [6.07, 6.45) is 2.88. The van der Waals surface area contributed by atoms with E-state index in [0.717, 1.165) is 0 Å². The largest absolute Gasteiger partial charge is 0.358 e. The summed E-state index contributed by atoms with van der Waals surface area (Å²) in [5, 5.41) is -0.0805. The van der Waals surface area contributed by atoms with E-state index in [0.29, 0.717) is 5.52 Å². The van der Waals surface area contributed by atoms with Gasteiger partial charge in [-0.1, -0.05) is 6.07 Å². The number of rotatable bonds is 1. The molecule has 0 atom stereocenters. The summed E-state index contributed by atoms with van der Waals surface area (Å²) in [7, 11) is -4.27. The fourth-order valence-electron chi connectivity index (χ4n) is 1.21. The van der Waals surface area contributed by atoms with Gasteiger partial charge in [-0.2, -0.15) is 0 Å². The van der Waals surface area contributed by atoms with Gasteiger partial charge in [0.25, 0.3) is 0 Å². The van der Waals surface area contributed by atoms with E-state index in [1.54, 1.807) is 12.1 Å². The molecule has 0 aliphatic carbocycles. The number of fused-ring (bicyclic) bond motifs is 1. The molecule has 1 aromatic carbocycles. The van der Waals surface area contributed by atoms with Crippen LogP contribution in [0.5, 0.6) is 0 Å². The summed E-state index contributed by atoms with van der Waals surface area (Å²) < 4.78 is 11.1. The summed E-state index contributed by atoms with van der Waals surface area (Å²) in [6.45, 7) is 0. The lowest BCUT2D eigenvalue weighted by atomic mass is 10.3. The summed E-state index contributed by atoms with van der Waals surface area (Å²) in [5.41, 5.74) is 0.733. The Bertz CT molecular complexity index is 517. The summed E-state index contributed by atoms with van der Waals surface area (Å²) >= 11 is 0. The van der Waals surface area contributed by atoms with Gasteiger partial charge in [-0.05, 0) is 12.1 Å². The first-order valence-corrected chi connectivity index (χ1v) is 5.46. The van der Waals surface area contributed by atoms with Crippen molar-refractivity contribution in [2.24, 2.45) is 0 Å². The SMILES string of the molecule is O=P(O)(O)c1cccc2nccnc12. The van der Waals surface area contributed by atoms with E-state index in [1.165, 1.54) is 18.5 Å². The van der Waals surface area contributed by atoms with Gasteiger partial charge < -0.3 is 9.79 Å². The Kier molecular flexibility index (Phi) is 2.07. The Morgan fingerprint density at radius 1 is 1.14 bits per heavy atom. The highest BCUT2D eigenvalue weighted by Crippen LogP contribution is 2.35. The average molecular weight is 210 g/mol. The molecule has 2 rings (SSSR count). The van der Waals surface area contributed by atoms with E-state index < -0.39 is 7.60 Å². The molecule has 0 aliphatic rings. The third-order valence-corrected chi connectivity index (χ3v) is 2.78. The molecule has 1 aromatic heterocycles. The Morgan fingerprint density at radius 2 is 1.86 bits per heavy atom.